The topological polar surface area (TPSA) is 54.2 Å². The third-order valence-electron chi connectivity index (χ3n) is 4.17. The van der Waals surface area contributed by atoms with E-state index in [1.807, 2.05) is 4.68 Å². The third-order valence-corrected chi connectivity index (χ3v) is 4.17. The molecule has 2 aliphatic heterocycles. The fraction of sp³-hybridized carbons (Fsp3) is 0.846. The van der Waals surface area contributed by atoms with Crippen molar-refractivity contribution in [3.8, 4) is 0 Å². The number of fused-ring (bicyclic) bond motifs is 1. The smallest absolute Gasteiger partial charge is 0.151 e. The molecule has 1 saturated heterocycles. The summed E-state index contributed by atoms with van der Waals surface area (Å²) < 4.78 is 1.90. The van der Waals surface area contributed by atoms with Crippen LogP contribution in [-0.4, -0.2) is 50.5 Å². The van der Waals surface area contributed by atoms with Crippen LogP contribution in [0.2, 0.25) is 0 Å². The maximum absolute atomic E-state index is 9.62. The van der Waals surface area contributed by atoms with Gasteiger partial charge in [0.15, 0.2) is 5.82 Å². The molecule has 2 aliphatic rings. The molecule has 0 bridgehead atoms. The molecular formula is C13H22N4O. The highest BCUT2D eigenvalue weighted by Gasteiger charge is 2.25. The zero-order chi connectivity index (χ0) is 12.5. The van der Waals surface area contributed by atoms with Crippen LogP contribution in [0.15, 0.2) is 0 Å². The Kier molecular flexibility index (Phi) is 3.35. The van der Waals surface area contributed by atoms with E-state index in [1.54, 1.807) is 0 Å². The maximum Gasteiger partial charge on any atom is 0.151 e. The molecule has 0 aromatic carbocycles. The second kappa shape index (κ2) is 4.97. The van der Waals surface area contributed by atoms with Crippen LogP contribution in [0.4, 0.5) is 0 Å². The average molecular weight is 250 g/mol. The summed E-state index contributed by atoms with van der Waals surface area (Å²) in [5, 5.41) is 14.2. The molecule has 0 spiro atoms. The van der Waals surface area contributed by atoms with Gasteiger partial charge in [-0.25, -0.2) is 9.67 Å². The number of hydrogen-bond donors (Lipinski definition) is 1. The molecular weight excluding hydrogens is 228 g/mol. The minimum absolute atomic E-state index is 0.242. The van der Waals surface area contributed by atoms with Crippen molar-refractivity contribution in [2.75, 3.05) is 19.6 Å². The Hall–Kier alpha value is -0.940. The Bertz CT molecular complexity index is 417. The van der Waals surface area contributed by atoms with Crippen LogP contribution < -0.4 is 0 Å². The lowest BCUT2D eigenvalue weighted by Gasteiger charge is -2.16. The van der Waals surface area contributed by atoms with Crippen molar-refractivity contribution in [1.29, 1.82) is 0 Å². The van der Waals surface area contributed by atoms with Crippen molar-refractivity contribution in [2.24, 2.45) is 5.92 Å². The number of hydrogen-bond acceptors (Lipinski definition) is 4. The first-order chi connectivity index (χ1) is 8.74. The third kappa shape index (κ3) is 2.42. The minimum atomic E-state index is -0.242. The van der Waals surface area contributed by atoms with Crippen LogP contribution in [0.25, 0.3) is 0 Å². The van der Waals surface area contributed by atoms with Gasteiger partial charge in [-0.2, -0.15) is 5.10 Å². The Morgan fingerprint density at radius 1 is 1.33 bits per heavy atom. The summed E-state index contributed by atoms with van der Waals surface area (Å²) in [6.07, 6.45) is 3.70. The highest BCUT2D eigenvalue weighted by Crippen LogP contribution is 2.20. The molecule has 18 heavy (non-hydrogen) atoms. The SMILES string of the molecule is CCN1CCC(Cc2nc3n(n2)CC(O)CC3)C1. The minimum Gasteiger partial charge on any atom is -0.391 e. The van der Waals surface area contributed by atoms with E-state index in [0.29, 0.717) is 12.5 Å². The lowest BCUT2D eigenvalue weighted by atomic mass is 10.1. The predicted octanol–water partition coefficient (Wildman–Crippen LogP) is 0.469. The van der Waals surface area contributed by atoms with Gasteiger partial charge in [0.05, 0.1) is 12.6 Å². The second-order valence-electron chi connectivity index (χ2n) is 5.57. The Balaban J connectivity index is 1.64. The van der Waals surface area contributed by atoms with Gasteiger partial charge in [-0.1, -0.05) is 6.92 Å². The van der Waals surface area contributed by atoms with Crippen LogP contribution in [-0.2, 0) is 19.4 Å². The van der Waals surface area contributed by atoms with Crippen molar-refractivity contribution in [2.45, 2.75) is 45.3 Å². The molecule has 0 amide bonds. The lowest BCUT2D eigenvalue weighted by Crippen LogP contribution is -2.25. The Labute approximate surface area is 108 Å². The maximum atomic E-state index is 9.62. The van der Waals surface area contributed by atoms with Crippen LogP contribution in [0.5, 0.6) is 0 Å². The monoisotopic (exact) mass is 250 g/mol. The predicted molar refractivity (Wildman–Crippen MR) is 68.3 cm³/mol. The molecule has 2 atom stereocenters. The largest absolute Gasteiger partial charge is 0.391 e. The molecule has 1 aromatic heterocycles. The van der Waals surface area contributed by atoms with E-state index in [9.17, 15) is 5.11 Å². The molecule has 1 fully saturated rings. The van der Waals surface area contributed by atoms with Crippen LogP contribution >= 0.6 is 0 Å². The van der Waals surface area contributed by atoms with Gasteiger partial charge >= 0.3 is 0 Å². The zero-order valence-corrected chi connectivity index (χ0v) is 11.0. The van der Waals surface area contributed by atoms with Gasteiger partial charge in [-0.15, -0.1) is 0 Å². The van der Waals surface area contributed by atoms with Crippen LogP contribution in [0.1, 0.15) is 31.4 Å². The molecule has 5 heteroatoms. The molecule has 0 saturated carbocycles. The summed E-state index contributed by atoms with van der Waals surface area (Å²) in [6, 6.07) is 0. The number of aromatic nitrogens is 3. The molecule has 3 rings (SSSR count). The van der Waals surface area contributed by atoms with E-state index in [-0.39, 0.29) is 6.10 Å². The lowest BCUT2D eigenvalue weighted by molar-refractivity contribution is 0.124. The van der Waals surface area contributed by atoms with Crippen molar-refractivity contribution in [3.63, 3.8) is 0 Å². The summed E-state index contributed by atoms with van der Waals surface area (Å²) in [5.74, 6) is 2.74. The van der Waals surface area contributed by atoms with Crippen molar-refractivity contribution in [1.82, 2.24) is 19.7 Å². The van der Waals surface area contributed by atoms with Gasteiger partial charge in [-0.05, 0) is 31.8 Å². The van der Waals surface area contributed by atoms with Gasteiger partial charge in [0.25, 0.3) is 0 Å². The molecule has 100 valence electrons. The number of nitrogens with zero attached hydrogens (tertiary/aromatic N) is 4. The molecule has 2 unspecified atom stereocenters. The first-order valence-electron chi connectivity index (χ1n) is 7.07. The first-order valence-corrected chi connectivity index (χ1v) is 7.07. The summed E-state index contributed by atoms with van der Waals surface area (Å²) in [7, 11) is 0. The van der Waals surface area contributed by atoms with Gasteiger partial charge in [0.1, 0.15) is 5.82 Å². The van der Waals surface area contributed by atoms with E-state index in [4.69, 9.17) is 0 Å². The Morgan fingerprint density at radius 3 is 3.00 bits per heavy atom. The van der Waals surface area contributed by atoms with Crippen molar-refractivity contribution >= 4 is 0 Å². The number of aliphatic hydroxyl groups excluding tert-OH is 1. The van der Waals surface area contributed by atoms with E-state index < -0.39 is 0 Å². The number of aryl methyl sites for hydroxylation is 1. The Morgan fingerprint density at radius 2 is 2.22 bits per heavy atom. The fourth-order valence-electron chi connectivity index (χ4n) is 3.06. The average Bonchev–Trinajstić information content (AvgIpc) is 2.95. The van der Waals surface area contributed by atoms with Crippen molar-refractivity contribution < 1.29 is 5.11 Å². The summed E-state index contributed by atoms with van der Waals surface area (Å²) in [6.45, 7) is 6.39. The van der Waals surface area contributed by atoms with Gasteiger partial charge in [0.2, 0.25) is 0 Å². The molecule has 1 aromatic rings. The highest BCUT2D eigenvalue weighted by molar-refractivity contribution is 4.99. The quantitative estimate of drug-likeness (QED) is 0.847. The van der Waals surface area contributed by atoms with Gasteiger partial charge in [-0.3, -0.25) is 0 Å². The normalized spacial score (nSPS) is 28.6. The summed E-state index contributed by atoms with van der Waals surface area (Å²) in [4.78, 5) is 7.11. The van der Waals surface area contributed by atoms with Gasteiger partial charge < -0.3 is 10.0 Å². The van der Waals surface area contributed by atoms with Gasteiger partial charge in [0, 0.05) is 19.4 Å². The van der Waals surface area contributed by atoms with Crippen LogP contribution in [0.3, 0.4) is 0 Å². The first kappa shape index (κ1) is 12.1. The number of rotatable bonds is 3. The molecule has 3 heterocycles. The fourth-order valence-corrected chi connectivity index (χ4v) is 3.06. The molecule has 1 N–H and O–H groups in total. The summed E-state index contributed by atoms with van der Waals surface area (Å²) in [5.41, 5.74) is 0. The second-order valence-corrected chi connectivity index (χ2v) is 5.57. The van der Waals surface area contributed by atoms with Crippen LogP contribution in [0, 0.1) is 5.92 Å². The van der Waals surface area contributed by atoms with E-state index in [2.05, 4.69) is 21.9 Å². The molecule has 0 aliphatic carbocycles. The molecule has 5 nitrogen and oxygen atoms in total. The van der Waals surface area contributed by atoms with E-state index in [1.165, 1.54) is 19.5 Å². The molecule has 0 radical (unpaired) electrons. The standard InChI is InChI=1S/C13H22N4O/c1-2-16-6-5-10(8-16)7-12-14-13-4-3-11(18)9-17(13)15-12/h10-11,18H,2-9H2,1H3. The highest BCUT2D eigenvalue weighted by atomic mass is 16.3. The van der Waals surface area contributed by atoms with E-state index in [0.717, 1.165) is 37.5 Å². The number of likely N-dealkylation sites (tertiary alicyclic amines) is 1. The summed E-state index contributed by atoms with van der Waals surface area (Å²) >= 11 is 0. The van der Waals surface area contributed by atoms with E-state index >= 15 is 0 Å². The van der Waals surface area contributed by atoms with Crippen molar-refractivity contribution in [3.05, 3.63) is 11.6 Å². The zero-order valence-electron chi connectivity index (χ0n) is 11.0. The number of aliphatic hydroxyl groups is 1.